The number of hydrogen-bond acceptors (Lipinski definition) is 10. The molecular weight excluding hydrogens is 500 g/mol. The van der Waals surface area contributed by atoms with Crippen molar-refractivity contribution < 1.29 is 42.9 Å². The molecule has 1 unspecified atom stereocenters. The predicted molar refractivity (Wildman–Crippen MR) is 134 cm³/mol. The van der Waals surface area contributed by atoms with Gasteiger partial charge < -0.3 is 29.6 Å². The highest BCUT2D eigenvalue weighted by molar-refractivity contribution is 6.25. The molecule has 1 fully saturated rings. The summed E-state index contributed by atoms with van der Waals surface area (Å²) in [6.07, 6.45) is 0.499. The molecule has 13 nitrogen and oxygen atoms in total. The molecule has 3 N–H and O–H groups in total. The maximum Gasteiger partial charge on any atom is 0.264 e. The van der Waals surface area contributed by atoms with Gasteiger partial charge in [-0.05, 0) is 18.6 Å². The third kappa shape index (κ3) is 8.05. The fourth-order valence-electron chi connectivity index (χ4n) is 3.97. The van der Waals surface area contributed by atoms with Crippen molar-refractivity contribution in [3.05, 3.63) is 29.3 Å². The van der Waals surface area contributed by atoms with Crippen LogP contribution in [0.1, 0.15) is 40.0 Å². The zero-order valence-corrected chi connectivity index (χ0v) is 21.4. The Morgan fingerprint density at radius 2 is 1.55 bits per heavy atom. The number of carbonyl (C=O) groups is 5. The van der Waals surface area contributed by atoms with Gasteiger partial charge in [0.1, 0.15) is 6.04 Å². The van der Waals surface area contributed by atoms with E-state index in [1.807, 2.05) is 0 Å². The summed E-state index contributed by atoms with van der Waals surface area (Å²) in [5, 5.41) is 7.82. The summed E-state index contributed by atoms with van der Waals surface area (Å²) in [4.78, 5) is 61.6. The molecule has 2 heterocycles. The van der Waals surface area contributed by atoms with E-state index in [1.54, 1.807) is 25.2 Å². The first-order valence-electron chi connectivity index (χ1n) is 12.5. The van der Waals surface area contributed by atoms with Gasteiger partial charge in [-0.15, -0.1) is 0 Å². The van der Waals surface area contributed by atoms with Crippen molar-refractivity contribution in [1.82, 2.24) is 15.5 Å². The van der Waals surface area contributed by atoms with Crippen LogP contribution >= 0.6 is 0 Å². The van der Waals surface area contributed by atoms with Crippen LogP contribution in [-0.4, -0.2) is 107 Å². The van der Waals surface area contributed by atoms with Gasteiger partial charge in [0.25, 0.3) is 11.8 Å². The normalized spacial score (nSPS) is 17.0. The number of amides is 5. The van der Waals surface area contributed by atoms with E-state index in [4.69, 9.17) is 18.9 Å². The van der Waals surface area contributed by atoms with Gasteiger partial charge in [-0.3, -0.25) is 34.2 Å². The Balaban J connectivity index is 1.28. The van der Waals surface area contributed by atoms with E-state index in [-0.39, 0.29) is 29.9 Å². The molecule has 1 aromatic rings. The molecule has 5 amide bonds. The molecule has 208 valence electrons. The number of anilines is 1. The number of ether oxygens (including phenoxy) is 4. The number of nitrogens with zero attached hydrogens (tertiary/aromatic N) is 1. The van der Waals surface area contributed by atoms with Crippen molar-refractivity contribution in [2.75, 3.05) is 71.8 Å². The Bertz CT molecular complexity index is 1020. The lowest BCUT2D eigenvalue weighted by atomic mass is 10.0. The molecule has 13 heteroatoms. The zero-order valence-electron chi connectivity index (χ0n) is 21.4. The summed E-state index contributed by atoms with van der Waals surface area (Å²) in [6, 6.07) is 3.89. The average Bonchev–Trinajstić information content (AvgIpc) is 3.16. The monoisotopic (exact) mass is 534 g/mol. The van der Waals surface area contributed by atoms with E-state index >= 15 is 0 Å². The summed E-state index contributed by atoms with van der Waals surface area (Å²) in [5.74, 6) is -2.23. The summed E-state index contributed by atoms with van der Waals surface area (Å²) < 4.78 is 21.6. The number of fused-ring (bicyclic) bond motifs is 1. The van der Waals surface area contributed by atoms with Gasteiger partial charge in [-0.2, -0.15) is 0 Å². The standard InChI is InChI=1S/C25H34N4O9/c1-26-20(30)7-9-35-11-13-37-15-16-38-14-12-36-10-8-27-18-4-2-3-17-22(18)25(34)29(24(17)33)19-5-6-21(31)28-23(19)32/h2-4,19,27H,5-16H2,1H3,(H,26,30)(H,28,31,32). The Labute approximate surface area is 220 Å². The SMILES string of the molecule is CNC(=O)CCOCCOCCOCCOCCNc1cccc2c1C(=O)N(C1CCC(=O)NC1=O)C2=O. The molecule has 0 saturated carbocycles. The smallest absolute Gasteiger partial charge is 0.264 e. The lowest BCUT2D eigenvalue weighted by Crippen LogP contribution is -2.54. The number of imide groups is 2. The van der Waals surface area contributed by atoms with Crippen LogP contribution in [0.3, 0.4) is 0 Å². The molecule has 1 atom stereocenters. The van der Waals surface area contributed by atoms with Gasteiger partial charge >= 0.3 is 0 Å². The first-order chi connectivity index (χ1) is 18.4. The highest BCUT2D eigenvalue weighted by atomic mass is 16.6. The Morgan fingerprint density at radius 1 is 0.921 bits per heavy atom. The summed E-state index contributed by atoms with van der Waals surface area (Å²) in [5.41, 5.74) is 0.907. The van der Waals surface area contributed by atoms with Gasteiger partial charge in [-0.25, -0.2) is 0 Å². The van der Waals surface area contributed by atoms with Gasteiger partial charge in [0, 0.05) is 32.1 Å². The second-order valence-corrected chi connectivity index (χ2v) is 8.47. The fourth-order valence-corrected chi connectivity index (χ4v) is 3.97. The van der Waals surface area contributed by atoms with Crippen LogP contribution in [0, 0.1) is 0 Å². The molecule has 0 spiro atoms. The van der Waals surface area contributed by atoms with Crippen LogP contribution in [0.5, 0.6) is 0 Å². The van der Waals surface area contributed by atoms with Crippen LogP contribution in [0.25, 0.3) is 0 Å². The maximum absolute atomic E-state index is 13.1. The highest BCUT2D eigenvalue weighted by Crippen LogP contribution is 2.32. The molecule has 0 aliphatic carbocycles. The fraction of sp³-hybridized carbons (Fsp3) is 0.560. The topological polar surface area (TPSA) is 162 Å². The van der Waals surface area contributed by atoms with Gasteiger partial charge in [-0.1, -0.05) is 6.07 Å². The van der Waals surface area contributed by atoms with E-state index in [0.717, 1.165) is 4.90 Å². The molecule has 2 aliphatic heterocycles. The van der Waals surface area contributed by atoms with Crippen molar-refractivity contribution in [3.8, 4) is 0 Å². The largest absolute Gasteiger partial charge is 0.382 e. The quantitative estimate of drug-likeness (QED) is 0.179. The van der Waals surface area contributed by atoms with E-state index in [1.165, 1.54) is 0 Å². The maximum atomic E-state index is 13.1. The number of benzene rings is 1. The number of piperidine rings is 1. The Morgan fingerprint density at radius 3 is 2.18 bits per heavy atom. The molecule has 0 aromatic heterocycles. The van der Waals surface area contributed by atoms with E-state index in [0.29, 0.717) is 71.5 Å². The zero-order chi connectivity index (χ0) is 27.3. The second-order valence-electron chi connectivity index (χ2n) is 8.47. The van der Waals surface area contributed by atoms with E-state index in [2.05, 4.69) is 16.0 Å². The van der Waals surface area contributed by atoms with Crippen molar-refractivity contribution in [3.63, 3.8) is 0 Å². The third-order valence-corrected chi connectivity index (χ3v) is 5.90. The molecule has 3 rings (SSSR count). The minimum Gasteiger partial charge on any atom is -0.382 e. The van der Waals surface area contributed by atoms with Crippen LogP contribution in [-0.2, 0) is 33.3 Å². The number of rotatable bonds is 17. The molecule has 38 heavy (non-hydrogen) atoms. The first-order valence-corrected chi connectivity index (χ1v) is 12.5. The van der Waals surface area contributed by atoms with Crippen molar-refractivity contribution in [2.24, 2.45) is 0 Å². The van der Waals surface area contributed by atoms with Crippen molar-refractivity contribution >= 4 is 35.2 Å². The third-order valence-electron chi connectivity index (χ3n) is 5.90. The molecule has 1 aromatic carbocycles. The van der Waals surface area contributed by atoms with Crippen LogP contribution in [0.2, 0.25) is 0 Å². The second kappa shape index (κ2) is 15.1. The molecule has 1 saturated heterocycles. The lowest BCUT2D eigenvalue weighted by molar-refractivity contribution is -0.136. The Kier molecular flexibility index (Phi) is 11.6. The summed E-state index contributed by atoms with van der Waals surface area (Å²) in [6.45, 7) is 3.51. The number of nitrogens with one attached hydrogen (secondary N) is 3. The Hall–Kier alpha value is -3.39. The lowest BCUT2D eigenvalue weighted by Gasteiger charge is -2.27. The predicted octanol–water partition coefficient (Wildman–Crippen LogP) is -0.298. The van der Waals surface area contributed by atoms with Crippen molar-refractivity contribution in [2.45, 2.75) is 25.3 Å². The molecule has 2 aliphatic rings. The summed E-state index contributed by atoms with van der Waals surface area (Å²) >= 11 is 0. The van der Waals surface area contributed by atoms with E-state index in [9.17, 15) is 24.0 Å². The van der Waals surface area contributed by atoms with Gasteiger partial charge in [0.05, 0.1) is 64.0 Å². The minimum absolute atomic E-state index is 0.0640. The molecule has 0 bridgehead atoms. The number of carbonyl (C=O) groups excluding carboxylic acids is 5. The average molecular weight is 535 g/mol. The van der Waals surface area contributed by atoms with E-state index < -0.39 is 29.7 Å². The highest BCUT2D eigenvalue weighted by Gasteiger charge is 2.45. The van der Waals surface area contributed by atoms with Gasteiger partial charge in [0.2, 0.25) is 17.7 Å². The van der Waals surface area contributed by atoms with Gasteiger partial charge in [0.15, 0.2) is 0 Å². The van der Waals surface area contributed by atoms with Crippen LogP contribution in [0.4, 0.5) is 5.69 Å². The van der Waals surface area contributed by atoms with Crippen LogP contribution < -0.4 is 16.0 Å². The van der Waals surface area contributed by atoms with Crippen molar-refractivity contribution in [1.29, 1.82) is 0 Å². The summed E-state index contributed by atoms with van der Waals surface area (Å²) in [7, 11) is 1.58. The minimum atomic E-state index is -1.00. The number of hydrogen-bond donors (Lipinski definition) is 3. The molecule has 0 radical (unpaired) electrons. The molecular formula is C25H34N4O9. The first kappa shape index (κ1) is 29.2. The van der Waals surface area contributed by atoms with Crippen LogP contribution in [0.15, 0.2) is 18.2 Å².